The highest BCUT2D eigenvalue weighted by Gasteiger charge is 2.15. The SMILES string of the molecule is CC(NC(=O)NCCCCN(C)C)c1nc(C(=O)O)cs1. The summed E-state index contributed by atoms with van der Waals surface area (Å²) in [7, 11) is 4.03. The fourth-order valence-corrected chi connectivity index (χ4v) is 2.45. The summed E-state index contributed by atoms with van der Waals surface area (Å²) < 4.78 is 0. The van der Waals surface area contributed by atoms with Gasteiger partial charge < -0.3 is 20.6 Å². The molecule has 0 radical (unpaired) electrons. The average molecular weight is 314 g/mol. The van der Waals surface area contributed by atoms with E-state index in [0.29, 0.717) is 11.6 Å². The van der Waals surface area contributed by atoms with Gasteiger partial charge in [-0.2, -0.15) is 0 Å². The summed E-state index contributed by atoms with van der Waals surface area (Å²) in [5, 5.41) is 16.4. The molecule has 1 rings (SSSR count). The number of carbonyl (C=O) groups excluding carboxylic acids is 1. The number of thiazole rings is 1. The van der Waals surface area contributed by atoms with E-state index >= 15 is 0 Å². The lowest BCUT2D eigenvalue weighted by molar-refractivity contribution is 0.0691. The van der Waals surface area contributed by atoms with Crippen LogP contribution in [0.25, 0.3) is 0 Å². The fourth-order valence-electron chi connectivity index (χ4n) is 1.65. The Kier molecular flexibility index (Phi) is 7.10. The molecule has 0 aliphatic carbocycles. The number of hydrogen-bond acceptors (Lipinski definition) is 5. The molecular weight excluding hydrogens is 292 g/mol. The van der Waals surface area contributed by atoms with Crippen LogP contribution in [0.1, 0.15) is 41.3 Å². The minimum Gasteiger partial charge on any atom is -0.476 e. The third-order valence-corrected chi connectivity index (χ3v) is 3.80. The molecule has 0 saturated heterocycles. The molecule has 2 amide bonds. The summed E-state index contributed by atoms with van der Waals surface area (Å²) in [6.07, 6.45) is 1.94. The molecule has 0 spiro atoms. The number of carboxylic acid groups (broad SMARTS) is 1. The lowest BCUT2D eigenvalue weighted by atomic mass is 10.3. The molecule has 0 fully saturated rings. The van der Waals surface area contributed by atoms with Crippen molar-refractivity contribution >= 4 is 23.3 Å². The molecule has 1 aromatic heterocycles. The first kappa shape index (κ1) is 17.4. The molecule has 0 saturated carbocycles. The molecule has 0 bridgehead atoms. The molecular formula is C13H22N4O3S. The number of nitrogens with one attached hydrogen (secondary N) is 2. The van der Waals surface area contributed by atoms with Crippen molar-refractivity contribution < 1.29 is 14.7 Å². The van der Waals surface area contributed by atoms with E-state index < -0.39 is 5.97 Å². The Balaban J connectivity index is 2.28. The molecule has 8 heteroatoms. The van der Waals surface area contributed by atoms with Crippen LogP contribution < -0.4 is 10.6 Å². The number of amides is 2. The molecule has 21 heavy (non-hydrogen) atoms. The summed E-state index contributed by atoms with van der Waals surface area (Å²) in [5.41, 5.74) is 0.00717. The van der Waals surface area contributed by atoms with Gasteiger partial charge in [0, 0.05) is 11.9 Å². The molecule has 3 N–H and O–H groups in total. The van der Waals surface area contributed by atoms with Crippen LogP contribution in [0.4, 0.5) is 4.79 Å². The van der Waals surface area contributed by atoms with Crippen molar-refractivity contribution in [2.75, 3.05) is 27.2 Å². The number of hydrogen-bond donors (Lipinski definition) is 3. The van der Waals surface area contributed by atoms with E-state index in [4.69, 9.17) is 5.11 Å². The van der Waals surface area contributed by atoms with E-state index in [0.717, 1.165) is 19.4 Å². The van der Waals surface area contributed by atoms with Crippen LogP contribution in [0.15, 0.2) is 5.38 Å². The van der Waals surface area contributed by atoms with E-state index in [2.05, 4.69) is 20.5 Å². The Bertz CT molecular complexity index is 476. The highest BCUT2D eigenvalue weighted by atomic mass is 32.1. The Hall–Kier alpha value is -1.67. The summed E-state index contributed by atoms with van der Waals surface area (Å²) in [6.45, 7) is 3.39. The van der Waals surface area contributed by atoms with Crippen LogP contribution >= 0.6 is 11.3 Å². The van der Waals surface area contributed by atoms with Gasteiger partial charge in [0.25, 0.3) is 0 Å². The average Bonchev–Trinajstić information content (AvgIpc) is 2.87. The van der Waals surface area contributed by atoms with Gasteiger partial charge in [0.1, 0.15) is 5.01 Å². The molecule has 1 heterocycles. The van der Waals surface area contributed by atoms with Crippen molar-refractivity contribution in [3.63, 3.8) is 0 Å². The van der Waals surface area contributed by atoms with Crippen molar-refractivity contribution in [1.82, 2.24) is 20.5 Å². The van der Waals surface area contributed by atoms with E-state index in [1.165, 1.54) is 16.7 Å². The number of carboxylic acids is 1. The van der Waals surface area contributed by atoms with Crippen LogP contribution in [0.3, 0.4) is 0 Å². The highest BCUT2D eigenvalue weighted by Crippen LogP contribution is 2.17. The summed E-state index contributed by atoms with van der Waals surface area (Å²) in [6, 6.07) is -0.579. The van der Waals surface area contributed by atoms with Crippen molar-refractivity contribution in [1.29, 1.82) is 0 Å². The van der Waals surface area contributed by atoms with Crippen LogP contribution in [0.5, 0.6) is 0 Å². The quantitative estimate of drug-likeness (QED) is 0.633. The zero-order valence-electron chi connectivity index (χ0n) is 12.5. The molecule has 1 unspecified atom stereocenters. The van der Waals surface area contributed by atoms with Gasteiger partial charge in [-0.1, -0.05) is 0 Å². The summed E-state index contributed by atoms with van der Waals surface area (Å²) >= 11 is 1.22. The van der Waals surface area contributed by atoms with Crippen molar-refractivity contribution in [2.24, 2.45) is 0 Å². The molecule has 118 valence electrons. The van der Waals surface area contributed by atoms with Gasteiger partial charge in [-0.25, -0.2) is 14.6 Å². The van der Waals surface area contributed by atoms with Gasteiger partial charge in [-0.3, -0.25) is 0 Å². The Labute approximate surface area is 128 Å². The minimum absolute atomic E-state index is 0.00717. The number of aromatic nitrogens is 1. The predicted molar refractivity (Wildman–Crippen MR) is 81.8 cm³/mol. The topological polar surface area (TPSA) is 94.6 Å². The maximum absolute atomic E-state index is 11.7. The van der Waals surface area contributed by atoms with E-state index in [-0.39, 0.29) is 17.8 Å². The monoisotopic (exact) mass is 314 g/mol. The third-order valence-electron chi connectivity index (χ3n) is 2.78. The second-order valence-corrected chi connectivity index (χ2v) is 5.90. The van der Waals surface area contributed by atoms with E-state index in [9.17, 15) is 9.59 Å². The molecule has 7 nitrogen and oxygen atoms in total. The van der Waals surface area contributed by atoms with Crippen LogP contribution in [-0.2, 0) is 0 Å². The molecule has 1 atom stereocenters. The second-order valence-electron chi connectivity index (χ2n) is 5.01. The minimum atomic E-state index is -1.06. The smallest absolute Gasteiger partial charge is 0.355 e. The van der Waals surface area contributed by atoms with Crippen molar-refractivity contribution in [3.8, 4) is 0 Å². The number of aromatic carboxylic acids is 1. The molecule has 0 aliphatic rings. The fraction of sp³-hybridized carbons (Fsp3) is 0.615. The normalized spacial score (nSPS) is 12.2. The second kappa shape index (κ2) is 8.58. The third kappa shape index (κ3) is 6.54. The number of unbranched alkanes of at least 4 members (excludes halogenated alkanes) is 1. The van der Waals surface area contributed by atoms with Gasteiger partial charge in [0.2, 0.25) is 0 Å². The number of urea groups is 1. The number of nitrogens with zero attached hydrogens (tertiary/aromatic N) is 2. The van der Waals surface area contributed by atoms with Crippen molar-refractivity contribution in [2.45, 2.75) is 25.8 Å². The lowest BCUT2D eigenvalue weighted by Crippen LogP contribution is -2.37. The predicted octanol–water partition coefficient (Wildman–Crippen LogP) is 1.54. The maximum atomic E-state index is 11.7. The first-order valence-electron chi connectivity index (χ1n) is 6.78. The molecule has 0 aliphatic heterocycles. The van der Waals surface area contributed by atoms with Crippen LogP contribution in [-0.4, -0.2) is 54.2 Å². The van der Waals surface area contributed by atoms with Gasteiger partial charge in [-0.05, 0) is 40.4 Å². The zero-order valence-corrected chi connectivity index (χ0v) is 13.4. The standard InChI is InChI=1S/C13H22N4O3S/c1-9(11-16-10(8-21-11)12(18)19)15-13(20)14-6-4-5-7-17(2)3/h8-9H,4-7H2,1-3H3,(H,18,19)(H2,14,15,20). The number of rotatable bonds is 8. The van der Waals surface area contributed by atoms with Crippen molar-refractivity contribution in [3.05, 3.63) is 16.1 Å². The molecule has 1 aromatic rings. The summed E-state index contributed by atoms with van der Waals surface area (Å²) in [5.74, 6) is -1.06. The Morgan fingerprint density at radius 2 is 2.14 bits per heavy atom. The van der Waals surface area contributed by atoms with Crippen LogP contribution in [0.2, 0.25) is 0 Å². The molecule has 0 aromatic carbocycles. The summed E-state index contributed by atoms with van der Waals surface area (Å²) in [4.78, 5) is 28.5. The maximum Gasteiger partial charge on any atom is 0.355 e. The van der Waals surface area contributed by atoms with Gasteiger partial charge >= 0.3 is 12.0 Å². The van der Waals surface area contributed by atoms with Crippen LogP contribution in [0, 0.1) is 0 Å². The zero-order chi connectivity index (χ0) is 15.8. The van der Waals surface area contributed by atoms with Gasteiger partial charge in [0.15, 0.2) is 5.69 Å². The highest BCUT2D eigenvalue weighted by molar-refractivity contribution is 7.09. The van der Waals surface area contributed by atoms with Gasteiger partial charge in [-0.15, -0.1) is 11.3 Å². The van der Waals surface area contributed by atoms with Gasteiger partial charge in [0.05, 0.1) is 6.04 Å². The Morgan fingerprint density at radius 1 is 1.43 bits per heavy atom. The lowest BCUT2D eigenvalue weighted by Gasteiger charge is -2.13. The van der Waals surface area contributed by atoms with E-state index in [1.807, 2.05) is 14.1 Å². The first-order valence-corrected chi connectivity index (χ1v) is 7.66. The largest absolute Gasteiger partial charge is 0.476 e. The van der Waals surface area contributed by atoms with E-state index in [1.54, 1.807) is 6.92 Å². The number of carbonyl (C=O) groups is 2. The first-order chi connectivity index (χ1) is 9.90. The Morgan fingerprint density at radius 3 is 2.71 bits per heavy atom.